The molecular formula is C15H22BrClNO3+. The highest BCUT2D eigenvalue weighted by Gasteiger charge is 2.41. The standard InChI is InChI=1S/C15H22BrClNO3/c1-11-10-21-7-6-18(11,5-4-17)13-9-15(20-3)14(19-2)8-12(13)16/h8-9,11H,4-7,10H2,1-3H3/q+1. The van der Waals surface area contributed by atoms with Gasteiger partial charge in [0.25, 0.3) is 0 Å². The molecule has 118 valence electrons. The molecule has 0 aromatic heterocycles. The fraction of sp³-hybridized carbons (Fsp3) is 0.600. The van der Waals surface area contributed by atoms with Crippen molar-refractivity contribution >= 4 is 33.2 Å². The Hall–Kier alpha value is -0.490. The summed E-state index contributed by atoms with van der Waals surface area (Å²) < 4.78 is 18.3. The molecule has 1 aliphatic heterocycles. The van der Waals surface area contributed by atoms with Crippen molar-refractivity contribution in [2.75, 3.05) is 46.4 Å². The molecule has 2 rings (SSSR count). The highest BCUT2D eigenvalue weighted by Crippen LogP contribution is 2.42. The van der Waals surface area contributed by atoms with Gasteiger partial charge in [-0.3, -0.25) is 4.48 Å². The number of nitrogens with zero attached hydrogens (tertiary/aromatic N) is 1. The Labute approximate surface area is 139 Å². The molecule has 0 amide bonds. The zero-order chi connectivity index (χ0) is 15.5. The molecule has 21 heavy (non-hydrogen) atoms. The summed E-state index contributed by atoms with van der Waals surface area (Å²) in [6.07, 6.45) is 0. The minimum Gasteiger partial charge on any atom is -0.493 e. The number of quaternary nitrogens is 1. The first kappa shape index (κ1) is 16.9. The fourth-order valence-electron chi connectivity index (χ4n) is 2.99. The lowest BCUT2D eigenvalue weighted by Crippen LogP contribution is -2.63. The predicted molar refractivity (Wildman–Crippen MR) is 89.8 cm³/mol. The van der Waals surface area contributed by atoms with Gasteiger partial charge < -0.3 is 14.2 Å². The van der Waals surface area contributed by atoms with Crippen molar-refractivity contribution in [3.05, 3.63) is 16.6 Å². The second-order valence-electron chi connectivity index (χ2n) is 5.25. The van der Waals surface area contributed by atoms with Crippen LogP contribution in [0.3, 0.4) is 0 Å². The molecule has 0 spiro atoms. The van der Waals surface area contributed by atoms with E-state index >= 15 is 0 Å². The largest absolute Gasteiger partial charge is 0.493 e. The Morgan fingerprint density at radius 1 is 1.33 bits per heavy atom. The van der Waals surface area contributed by atoms with Crippen molar-refractivity contribution < 1.29 is 14.2 Å². The molecule has 0 bridgehead atoms. The van der Waals surface area contributed by atoms with Crippen LogP contribution in [-0.2, 0) is 4.74 Å². The Balaban J connectivity index is 2.54. The van der Waals surface area contributed by atoms with Crippen LogP contribution in [0.15, 0.2) is 16.6 Å². The Kier molecular flexibility index (Phi) is 5.77. The van der Waals surface area contributed by atoms with Crippen LogP contribution in [0.25, 0.3) is 0 Å². The number of morpholine rings is 1. The maximum Gasteiger partial charge on any atom is 0.166 e. The van der Waals surface area contributed by atoms with Crippen LogP contribution in [0.1, 0.15) is 6.92 Å². The predicted octanol–water partition coefficient (Wildman–Crippen LogP) is 3.43. The van der Waals surface area contributed by atoms with E-state index in [0.717, 1.165) is 46.8 Å². The molecule has 4 nitrogen and oxygen atoms in total. The van der Waals surface area contributed by atoms with E-state index in [2.05, 4.69) is 28.9 Å². The number of methoxy groups -OCH3 is 2. The second-order valence-corrected chi connectivity index (χ2v) is 6.49. The van der Waals surface area contributed by atoms with Gasteiger partial charge >= 0.3 is 0 Å². The average molecular weight is 380 g/mol. The molecule has 1 heterocycles. The summed E-state index contributed by atoms with van der Waals surface area (Å²) >= 11 is 9.78. The van der Waals surface area contributed by atoms with Gasteiger partial charge in [-0.05, 0) is 22.9 Å². The van der Waals surface area contributed by atoms with Gasteiger partial charge in [-0.25, -0.2) is 0 Å². The first-order valence-corrected chi connectivity index (χ1v) is 8.34. The van der Waals surface area contributed by atoms with Gasteiger partial charge in [0.1, 0.15) is 12.6 Å². The summed E-state index contributed by atoms with van der Waals surface area (Å²) in [6, 6.07) is 4.36. The fourth-order valence-corrected chi connectivity index (χ4v) is 3.97. The minimum atomic E-state index is 0.340. The van der Waals surface area contributed by atoms with E-state index in [9.17, 15) is 0 Å². The van der Waals surface area contributed by atoms with Gasteiger partial charge in [0.05, 0.1) is 44.3 Å². The number of hydrogen-bond donors (Lipinski definition) is 0. The van der Waals surface area contributed by atoms with Crippen LogP contribution in [-0.4, -0.2) is 52.4 Å². The van der Waals surface area contributed by atoms with Crippen LogP contribution in [0.4, 0.5) is 5.69 Å². The molecular weight excluding hydrogens is 358 g/mol. The number of benzene rings is 1. The highest BCUT2D eigenvalue weighted by molar-refractivity contribution is 9.10. The summed E-state index contributed by atoms with van der Waals surface area (Å²) in [5.41, 5.74) is 1.17. The quantitative estimate of drug-likeness (QED) is 0.579. The van der Waals surface area contributed by atoms with E-state index < -0.39 is 0 Å². The van der Waals surface area contributed by atoms with Crippen molar-refractivity contribution in [2.24, 2.45) is 0 Å². The van der Waals surface area contributed by atoms with Crippen LogP contribution in [0.2, 0.25) is 0 Å². The lowest BCUT2D eigenvalue weighted by molar-refractivity contribution is 0.00604. The minimum absolute atomic E-state index is 0.340. The lowest BCUT2D eigenvalue weighted by Gasteiger charge is -2.46. The maximum absolute atomic E-state index is 6.10. The summed E-state index contributed by atoms with van der Waals surface area (Å²) in [4.78, 5) is 0. The molecule has 1 aromatic carbocycles. The van der Waals surface area contributed by atoms with Crippen molar-refractivity contribution in [1.29, 1.82) is 0 Å². The molecule has 2 atom stereocenters. The zero-order valence-corrected chi connectivity index (χ0v) is 15.0. The van der Waals surface area contributed by atoms with E-state index in [-0.39, 0.29) is 0 Å². The van der Waals surface area contributed by atoms with Gasteiger partial charge in [0.15, 0.2) is 17.2 Å². The molecule has 1 saturated heterocycles. The molecule has 0 saturated carbocycles. The van der Waals surface area contributed by atoms with Crippen molar-refractivity contribution in [2.45, 2.75) is 13.0 Å². The third-order valence-electron chi connectivity index (χ3n) is 4.25. The highest BCUT2D eigenvalue weighted by atomic mass is 79.9. The Morgan fingerprint density at radius 3 is 2.57 bits per heavy atom. The van der Waals surface area contributed by atoms with Crippen LogP contribution >= 0.6 is 27.5 Å². The monoisotopic (exact) mass is 378 g/mol. The molecule has 0 N–H and O–H groups in total. The SMILES string of the molecule is COc1cc(Br)c([N+]2(CCCl)CCOCC2C)cc1OC. The van der Waals surface area contributed by atoms with Crippen molar-refractivity contribution in [3.8, 4) is 11.5 Å². The van der Waals surface area contributed by atoms with E-state index in [1.54, 1.807) is 14.2 Å². The molecule has 0 radical (unpaired) electrons. The number of alkyl halides is 1. The summed E-state index contributed by atoms with van der Waals surface area (Å²) in [5, 5.41) is 0. The first-order chi connectivity index (χ1) is 10.1. The molecule has 1 aromatic rings. The number of rotatable bonds is 5. The van der Waals surface area contributed by atoms with Gasteiger partial charge in [0.2, 0.25) is 0 Å². The van der Waals surface area contributed by atoms with Crippen LogP contribution in [0, 0.1) is 0 Å². The van der Waals surface area contributed by atoms with E-state index in [0.29, 0.717) is 11.9 Å². The summed E-state index contributed by atoms with van der Waals surface area (Å²) in [7, 11) is 3.30. The molecule has 6 heteroatoms. The normalized spacial score (nSPS) is 25.7. The average Bonchev–Trinajstić information content (AvgIpc) is 2.49. The van der Waals surface area contributed by atoms with Gasteiger partial charge in [-0.1, -0.05) is 0 Å². The zero-order valence-electron chi connectivity index (χ0n) is 12.7. The number of hydrogen-bond acceptors (Lipinski definition) is 3. The van der Waals surface area contributed by atoms with Gasteiger partial charge in [-0.15, -0.1) is 11.6 Å². The first-order valence-electron chi connectivity index (χ1n) is 7.01. The number of ether oxygens (including phenoxy) is 3. The van der Waals surface area contributed by atoms with Crippen molar-refractivity contribution in [1.82, 2.24) is 4.48 Å². The third kappa shape index (κ3) is 3.16. The van der Waals surface area contributed by atoms with Gasteiger partial charge in [0, 0.05) is 12.1 Å². The summed E-state index contributed by atoms with van der Waals surface area (Å²) in [5.74, 6) is 2.06. The van der Waals surface area contributed by atoms with E-state index in [1.165, 1.54) is 5.69 Å². The smallest absolute Gasteiger partial charge is 0.166 e. The summed E-state index contributed by atoms with van der Waals surface area (Å²) in [6.45, 7) is 5.44. The van der Waals surface area contributed by atoms with Crippen LogP contribution in [0.5, 0.6) is 11.5 Å². The van der Waals surface area contributed by atoms with Gasteiger partial charge in [-0.2, -0.15) is 0 Å². The topological polar surface area (TPSA) is 27.7 Å². The van der Waals surface area contributed by atoms with E-state index in [4.69, 9.17) is 25.8 Å². The van der Waals surface area contributed by atoms with E-state index in [1.807, 2.05) is 6.07 Å². The third-order valence-corrected chi connectivity index (χ3v) is 5.06. The second kappa shape index (κ2) is 7.18. The maximum atomic E-state index is 6.10. The molecule has 1 fully saturated rings. The van der Waals surface area contributed by atoms with Crippen LogP contribution < -0.4 is 14.0 Å². The van der Waals surface area contributed by atoms with Crippen molar-refractivity contribution in [3.63, 3.8) is 0 Å². The Bertz CT molecular complexity index is 496. The Morgan fingerprint density at radius 2 is 2.00 bits per heavy atom. The molecule has 1 aliphatic rings. The molecule has 0 aliphatic carbocycles. The lowest BCUT2D eigenvalue weighted by atomic mass is 10.1. The molecule has 2 unspecified atom stereocenters. The number of halogens is 2.